The second kappa shape index (κ2) is 8.81. The van der Waals surface area contributed by atoms with Crippen molar-refractivity contribution in [1.29, 1.82) is 0 Å². The SMILES string of the molecule is COc1ccc(OC(C)OC)c(C(=O)O)c1-c1ccc2ccc(C34CC5CC(CC(C5)C3)C4)cc2c1. The molecule has 3 aromatic carbocycles. The highest BCUT2D eigenvalue weighted by atomic mass is 16.7. The van der Waals surface area contributed by atoms with E-state index in [9.17, 15) is 9.90 Å². The average Bonchev–Trinajstić information content (AvgIpc) is 2.86. The third kappa shape index (κ3) is 3.85. The van der Waals surface area contributed by atoms with Crippen molar-refractivity contribution >= 4 is 16.7 Å². The number of carbonyl (C=O) groups is 1. The predicted molar refractivity (Wildman–Crippen MR) is 140 cm³/mol. The highest BCUT2D eigenvalue weighted by molar-refractivity contribution is 6.02. The molecule has 4 aliphatic carbocycles. The van der Waals surface area contributed by atoms with E-state index in [-0.39, 0.29) is 11.3 Å². The molecule has 0 spiro atoms. The van der Waals surface area contributed by atoms with E-state index < -0.39 is 12.3 Å². The summed E-state index contributed by atoms with van der Waals surface area (Å²) in [5.74, 6) is 2.36. The van der Waals surface area contributed by atoms with Crippen LogP contribution in [0.1, 0.15) is 61.4 Å². The third-order valence-corrected chi connectivity index (χ3v) is 8.97. The second-order valence-electron chi connectivity index (χ2n) is 11.2. The van der Waals surface area contributed by atoms with Crippen molar-refractivity contribution in [2.24, 2.45) is 17.8 Å². The summed E-state index contributed by atoms with van der Waals surface area (Å²) in [4.78, 5) is 12.5. The van der Waals surface area contributed by atoms with Gasteiger partial charge in [-0.2, -0.15) is 0 Å². The Kier molecular flexibility index (Phi) is 5.71. The van der Waals surface area contributed by atoms with E-state index in [4.69, 9.17) is 14.2 Å². The van der Waals surface area contributed by atoms with E-state index in [0.717, 1.165) is 34.1 Å². The highest BCUT2D eigenvalue weighted by Crippen LogP contribution is 2.60. The first-order chi connectivity index (χ1) is 17.4. The Hall–Kier alpha value is -3.05. The number of carboxylic acids is 1. The van der Waals surface area contributed by atoms with Gasteiger partial charge in [0, 0.05) is 12.7 Å². The molecule has 0 amide bonds. The number of aromatic carboxylic acids is 1. The van der Waals surface area contributed by atoms with E-state index in [1.54, 1.807) is 26.2 Å². The van der Waals surface area contributed by atoms with Crippen LogP contribution in [-0.2, 0) is 10.2 Å². The van der Waals surface area contributed by atoms with Crippen LogP contribution < -0.4 is 9.47 Å². The zero-order valence-electron chi connectivity index (χ0n) is 21.3. The number of carboxylic acid groups (broad SMARTS) is 1. The van der Waals surface area contributed by atoms with Gasteiger partial charge >= 0.3 is 5.97 Å². The molecule has 188 valence electrons. The van der Waals surface area contributed by atoms with E-state index >= 15 is 0 Å². The number of rotatable bonds is 7. The molecule has 5 nitrogen and oxygen atoms in total. The molecule has 4 saturated carbocycles. The minimum Gasteiger partial charge on any atom is -0.496 e. The van der Waals surface area contributed by atoms with Crippen molar-refractivity contribution in [2.75, 3.05) is 14.2 Å². The van der Waals surface area contributed by atoms with Crippen molar-refractivity contribution in [2.45, 2.75) is 57.2 Å². The van der Waals surface area contributed by atoms with Crippen LogP contribution in [0.4, 0.5) is 0 Å². The lowest BCUT2D eigenvalue weighted by Crippen LogP contribution is -2.48. The van der Waals surface area contributed by atoms with Gasteiger partial charge in [0.15, 0.2) is 6.29 Å². The van der Waals surface area contributed by atoms with E-state index in [1.165, 1.54) is 51.2 Å². The van der Waals surface area contributed by atoms with Gasteiger partial charge in [0.1, 0.15) is 17.1 Å². The van der Waals surface area contributed by atoms with Crippen molar-refractivity contribution in [3.05, 3.63) is 59.7 Å². The molecule has 1 unspecified atom stereocenters. The van der Waals surface area contributed by atoms with Crippen LogP contribution in [0.25, 0.3) is 21.9 Å². The molecule has 0 aliphatic heterocycles. The van der Waals surface area contributed by atoms with E-state index in [1.807, 2.05) is 6.07 Å². The molecule has 4 fully saturated rings. The standard InChI is InChI=1S/C31H34O5/c1-18(34-2)36-27-9-8-26(35-3)28(29(27)30(32)33)23-5-4-22-6-7-25(14-24(22)13-23)31-15-19-10-20(16-31)12-21(11-19)17-31/h4-9,13-14,18-21H,10-12,15-17H2,1-3H3,(H,32,33). The first-order valence-electron chi connectivity index (χ1n) is 13.1. The lowest BCUT2D eigenvalue weighted by molar-refractivity contribution is -0.0387. The molecule has 5 heteroatoms. The molecular formula is C31H34O5. The number of fused-ring (bicyclic) bond motifs is 1. The van der Waals surface area contributed by atoms with Gasteiger partial charge in [0.2, 0.25) is 0 Å². The molecule has 4 aliphatic rings. The Morgan fingerprint density at radius 3 is 2.14 bits per heavy atom. The Bertz CT molecular complexity index is 1290. The predicted octanol–water partition coefficient (Wildman–Crippen LogP) is 7.05. The summed E-state index contributed by atoms with van der Waals surface area (Å²) in [7, 11) is 3.09. The summed E-state index contributed by atoms with van der Waals surface area (Å²) < 4.78 is 16.6. The van der Waals surface area contributed by atoms with Gasteiger partial charge in [-0.3, -0.25) is 0 Å². The fourth-order valence-electron chi connectivity index (χ4n) is 7.75. The van der Waals surface area contributed by atoms with Crippen LogP contribution in [0.3, 0.4) is 0 Å². The van der Waals surface area contributed by atoms with Crippen LogP contribution in [-0.4, -0.2) is 31.6 Å². The maximum atomic E-state index is 12.5. The maximum absolute atomic E-state index is 12.5. The topological polar surface area (TPSA) is 65.0 Å². The van der Waals surface area contributed by atoms with Crippen LogP contribution in [0.2, 0.25) is 0 Å². The van der Waals surface area contributed by atoms with Crippen LogP contribution >= 0.6 is 0 Å². The quantitative estimate of drug-likeness (QED) is 0.362. The van der Waals surface area contributed by atoms with Crippen LogP contribution in [0.15, 0.2) is 48.5 Å². The van der Waals surface area contributed by atoms with Gasteiger partial charge in [-0.25, -0.2) is 4.79 Å². The van der Waals surface area contributed by atoms with Crippen molar-refractivity contribution < 1.29 is 24.1 Å². The van der Waals surface area contributed by atoms with Gasteiger partial charge in [-0.1, -0.05) is 30.3 Å². The normalized spacial score (nSPS) is 27.2. The highest BCUT2D eigenvalue weighted by Gasteiger charge is 2.51. The monoisotopic (exact) mass is 486 g/mol. The number of methoxy groups -OCH3 is 2. The fourth-order valence-corrected chi connectivity index (χ4v) is 7.75. The Balaban J connectivity index is 1.46. The maximum Gasteiger partial charge on any atom is 0.340 e. The Morgan fingerprint density at radius 2 is 1.53 bits per heavy atom. The van der Waals surface area contributed by atoms with E-state index in [2.05, 4.69) is 30.3 Å². The van der Waals surface area contributed by atoms with Gasteiger partial charge in [-0.15, -0.1) is 0 Å². The minimum atomic E-state index is -1.07. The molecule has 4 bridgehead atoms. The van der Waals surface area contributed by atoms with Crippen molar-refractivity contribution in [3.8, 4) is 22.6 Å². The summed E-state index contributed by atoms with van der Waals surface area (Å²) in [5, 5.41) is 12.5. The van der Waals surface area contributed by atoms with Gasteiger partial charge in [0.25, 0.3) is 0 Å². The zero-order valence-corrected chi connectivity index (χ0v) is 21.3. The summed E-state index contributed by atoms with van der Waals surface area (Å²) >= 11 is 0. The lowest BCUT2D eigenvalue weighted by Gasteiger charge is -2.57. The molecule has 1 atom stereocenters. The number of hydrogen-bond acceptors (Lipinski definition) is 4. The summed E-state index contributed by atoms with van der Waals surface area (Å²) in [6.45, 7) is 1.73. The Morgan fingerprint density at radius 1 is 0.889 bits per heavy atom. The summed E-state index contributed by atoms with van der Waals surface area (Å²) in [6, 6.07) is 16.5. The minimum absolute atomic E-state index is 0.0786. The fraction of sp³-hybridized carbons (Fsp3) is 0.452. The van der Waals surface area contributed by atoms with Gasteiger partial charge in [-0.05, 0) is 109 Å². The molecule has 1 N–H and O–H groups in total. The molecule has 0 aromatic heterocycles. The molecule has 0 heterocycles. The third-order valence-electron chi connectivity index (χ3n) is 8.97. The smallest absolute Gasteiger partial charge is 0.340 e. The molecule has 3 aromatic rings. The number of hydrogen-bond donors (Lipinski definition) is 1. The van der Waals surface area contributed by atoms with Crippen molar-refractivity contribution in [1.82, 2.24) is 0 Å². The van der Waals surface area contributed by atoms with E-state index in [0.29, 0.717) is 16.7 Å². The zero-order chi connectivity index (χ0) is 25.0. The number of benzene rings is 3. The largest absolute Gasteiger partial charge is 0.496 e. The van der Waals surface area contributed by atoms with Crippen molar-refractivity contribution in [3.63, 3.8) is 0 Å². The Labute approximate surface area is 212 Å². The summed E-state index contributed by atoms with van der Waals surface area (Å²) in [5.41, 5.74) is 3.17. The molecular weight excluding hydrogens is 452 g/mol. The number of ether oxygens (including phenoxy) is 3. The van der Waals surface area contributed by atoms with Gasteiger partial charge in [0.05, 0.1) is 7.11 Å². The van der Waals surface area contributed by atoms with Crippen LogP contribution in [0.5, 0.6) is 11.5 Å². The van der Waals surface area contributed by atoms with Gasteiger partial charge < -0.3 is 19.3 Å². The van der Waals surface area contributed by atoms with Crippen LogP contribution in [0, 0.1) is 17.8 Å². The summed E-state index contributed by atoms with van der Waals surface area (Å²) in [6.07, 6.45) is 7.65. The molecule has 0 radical (unpaired) electrons. The lowest BCUT2D eigenvalue weighted by atomic mass is 9.48. The first kappa shape index (κ1) is 23.4. The second-order valence-corrected chi connectivity index (χ2v) is 11.2. The molecule has 36 heavy (non-hydrogen) atoms. The molecule has 0 saturated heterocycles. The first-order valence-corrected chi connectivity index (χ1v) is 13.1. The average molecular weight is 487 g/mol. The molecule has 7 rings (SSSR count).